The molecule has 1 aromatic carbocycles. The SMILES string of the molecule is CC1CNCCC1c1cc(F)cc2c(Cl)coc12. The first-order chi connectivity index (χ1) is 8.66. The molecule has 1 N–H and O–H groups in total. The maximum atomic E-state index is 13.7. The van der Waals surface area contributed by atoms with E-state index in [9.17, 15) is 4.39 Å². The summed E-state index contributed by atoms with van der Waals surface area (Å²) < 4.78 is 19.2. The van der Waals surface area contributed by atoms with Gasteiger partial charge in [0.05, 0.1) is 5.02 Å². The molecular weight excluding hydrogens is 253 g/mol. The number of hydrogen-bond acceptors (Lipinski definition) is 2. The van der Waals surface area contributed by atoms with Crippen LogP contribution in [0.2, 0.25) is 5.02 Å². The van der Waals surface area contributed by atoms with E-state index >= 15 is 0 Å². The Kier molecular flexibility index (Phi) is 3.04. The van der Waals surface area contributed by atoms with E-state index in [1.54, 1.807) is 6.07 Å². The number of rotatable bonds is 1. The van der Waals surface area contributed by atoms with Crippen LogP contribution in [-0.2, 0) is 0 Å². The molecule has 2 aromatic rings. The quantitative estimate of drug-likeness (QED) is 0.847. The molecule has 0 saturated carbocycles. The molecule has 0 amide bonds. The highest BCUT2D eigenvalue weighted by Crippen LogP contribution is 2.38. The molecule has 1 saturated heterocycles. The number of benzene rings is 1. The Labute approximate surface area is 110 Å². The van der Waals surface area contributed by atoms with Crippen molar-refractivity contribution in [2.24, 2.45) is 5.92 Å². The second kappa shape index (κ2) is 4.56. The Hall–Kier alpha value is -1.06. The number of piperidine rings is 1. The van der Waals surface area contributed by atoms with Gasteiger partial charge >= 0.3 is 0 Å². The third kappa shape index (κ3) is 1.91. The summed E-state index contributed by atoms with van der Waals surface area (Å²) in [6.07, 6.45) is 2.49. The monoisotopic (exact) mass is 267 g/mol. The lowest BCUT2D eigenvalue weighted by Crippen LogP contribution is -2.33. The largest absolute Gasteiger partial charge is 0.462 e. The van der Waals surface area contributed by atoms with Crippen LogP contribution in [0.4, 0.5) is 4.39 Å². The molecule has 0 bridgehead atoms. The van der Waals surface area contributed by atoms with Crippen LogP contribution in [0.3, 0.4) is 0 Å². The van der Waals surface area contributed by atoms with E-state index in [2.05, 4.69) is 12.2 Å². The maximum absolute atomic E-state index is 13.7. The fraction of sp³-hybridized carbons (Fsp3) is 0.429. The van der Waals surface area contributed by atoms with Crippen LogP contribution >= 0.6 is 11.6 Å². The fourth-order valence-electron chi connectivity index (χ4n) is 2.85. The van der Waals surface area contributed by atoms with Gasteiger partial charge in [0.25, 0.3) is 0 Å². The van der Waals surface area contributed by atoms with Crippen molar-refractivity contribution >= 4 is 22.6 Å². The number of fused-ring (bicyclic) bond motifs is 1. The van der Waals surface area contributed by atoms with Crippen LogP contribution in [0.5, 0.6) is 0 Å². The second-order valence-corrected chi connectivity index (χ2v) is 5.44. The molecule has 2 nitrogen and oxygen atoms in total. The zero-order valence-electron chi connectivity index (χ0n) is 10.2. The molecule has 2 atom stereocenters. The van der Waals surface area contributed by atoms with E-state index in [4.69, 9.17) is 16.0 Å². The molecule has 3 rings (SSSR count). The van der Waals surface area contributed by atoms with Gasteiger partial charge in [-0.15, -0.1) is 0 Å². The normalized spacial score (nSPS) is 24.6. The van der Waals surface area contributed by atoms with Crippen LogP contribution in [0.1, 0.15) is 24.8 Å². The standard InChI is InChI=1S/C14H15ClFNO/c1-8-6-17-3-2-10(8)11-4-9(16)5-12-13(15)7-18-14(11)12/h4-5,7-8,10,17H,2-3,6H2,1H3. The van der Waals surface area contributed by atoms with Gasteiger partial charge in [0.1, 0.15) is 17.7 Å². The van der Waals surface area contributed by atoms with E-state index in [-0.39, 0.29) is 5.82 Å². The lowest BCUT2D eigenvalue weighted by Gasteiger charge is -2.29. The third-order valence-corrected chi connectivity index (χ3v) is 4.10. The van der Waals surface area contributed by atoms with Crippen molar-refractivity contribution in [1.29, 1.82) is 0 Å². The molecule has 1 aliphatic heterocycles. The Morgan fingerprint density at radius 1 is 1.44 bits per heavy atom. The molecule has 2 unspecified atom stereocenters. The van der Waals surface area contributed by atoms with Crippen molar-refractivity contribution in [2.45, 2.75) is 19.3 Å². The summed E-state index contributed by atoms with van der Waals surface area (Å²) in [7, 11) is 0. The maximum Gasteiger partial charge on any atom is 0.139 e. The van der Waals surface area contributed by atoms with Crippen molar-refractivity contribution < 1.29 is 8.81 Å². The Bertz CT molecular complexity index is 580. The lowest BCUT2D eigenvalue weighted by atomic mass is 9.82. The van der Waals surface area contributed by atoms with Crippen LogP contribution in [0.25, 0.3) is 11.0 Å². The minimum Gasteiger partial charge on any atom is -0.462 e. The van der Waals surface area contributed by atoms with Gasteiger partial charge in [-0.25, -0.2) is 4.39 Å². The van der Waals surface area contributed by atoms with Gasteiger partial charge in [-0.05, 0) is 43.5 Å². The predicted molar refractivity (Wildman–Crippen MR) is 70.6 cm³/mol. The minimum atomic E-state index is -0.244. The van der Waals surface area contributed by atoms with E-state index in [0.717, 1.165) is 30.7 Å². The van der Waals surface area contributed by atoms with Gasteiger partial charge in [0, 0.05) is 10.9 Å². The summed E-state index contributed by atoms with van der Waals surface area (Å²) in [5, 5.41) is 4.51. The topological polar surface area (TPSA) is 25.2 Å². The van der Waals surface area contributed by atoms with Gasteiger partial charge in [-0.3, -0.25) is 0 Å². The summed E-state index contributed by atoms with van der Waals surface area (Å²) in [6, 6.07) is 3.03. The number of nitrogens with one attached hydrogen (secondary N) is 1. The summed E-state index contributed by atoms with van der Waals surface area (Å²) in [5.41, 5.74) is 1.69. The van der Waals surface area contributed by atoms with Crippen molar-refractivity contribution in [3.05, 3.63) is 34.8 Å². The first-order valence-corrected chi connectivity index (χ1v) is 6.61. The molecule has 2 heterocycles. The molecule has 1 fully saturated rings. The zero-order valence-corrected chi connectivity index (χ0v) is 10.9. The van der Waals surface area contributed by atoms with Gasteiger partial charge in [-0.2, -0.15) is 0 Å². The summed E-state index contributed by atoms with van der Waals surface area (Å²) in [6.45, 7) is 4.09. The summed E-state index contributed by atoms with van der Waals surface area (Å²) in [4.78, 5) is 0. The third-order valence-electron chi connectivity index (χ3n) is 3.80. The molecule has 96 valence electrons. The highest BCUT2D eigenvalue weighted by Gasteiger charge is 2.26. The van der Waals surface area contributed by atoms with E-state index in [1.165, 1.54) is 12.3 Å². The molecule has 1 aromatic heterocycles. The number of halogens is 2. The van der Waals surface area contributed by atoms with Crippen LogP contribution in [0.15, 0.2) is 22.8 Å². The van der Waals surface area contributed by atoms with Gasteiger partial charge < -0.3 is 9.73 Å². The molecule has 1 aliphatic rings. The average Bonchev–Trinajstić information content (AvgIpc) is 2.71. The molecule has 0 radical (unpaired) electrons. The number of hydrogen-bond donors (Lipinski definition) is 1. The Morgan fingerprint density at radius 2 is 2.28 bits per heavy atom. The smallest absolute Gasteiger partial charge is 0.139 e. The van der Waals surface area contributed by atoms with Gasteiger partial charge in [-0.1, -0.05) is 18.5 Å². The van der Waals surface area contributed by atoms with E-state index in [1.807, 2.05) is 0 Å². The predicted octanol–water partition coefficient (Wildman–Crippen LogP) is 3.94. The lowest BCUT2D eigenvalue weighted by molar-refractivity contribution is 0.348. The first-order valence-electron chi connectivity index (χ1n) is 6.23. The molecule has 18 heavy (non-hydrogen) atoms. The van der Waals surface area contributed by atoms with Crippen LogP contribution < -0.4 is 5.32 Å². The van der Waals surface area contributed by atoms with Crippen molar-refractivity contribution in [3.8, 4) is 0 Å². The highest BCUT2D eigenvalue weighted by molar-refractivity contribution is 6.35. The van der Waals surface area contributed by atoms with E-state index < -0.39 is 0 Å². The molecule has 4 heteroatoms. The summed E-state index contributed by atoms with van der Waals surface area (Å²) >= 11 is 6.02. The minimum absolute atomic E-state index is 0.244. The van der Waals surface area contributed by atoms with Gasteiger partial charge in [0.15, 0.2) is 0 Å². The van der Waals surface area contributed by atoms with Crippen LogP contribution in [-0.4, -0.2) is 13.1 Å². The van der Waals surface area contributed by atoms with Crippen molar-refractivity contribution in [1.82, 2.24) is 5.32 Å². The van der Waals surface area contributed by atoms with Crippen molar-refractivity contribution in [2.75, 3.05) is 13.1 Å². The molecular formula is C14H15ClFNO. The fourth-order valence-corrected chi connectivity index (χ4v) is 3.03. The highest BCUT2D eigenvalue weighted by atomic mass is 35.5. The average molecular weight is 268 g/mol. The number of furan rings is 1. The summed E-state index contributed by atoms with van der Waals surface area (Å²) in [5.74, 6) is 0.547. The zero-order chi connectivity index (χ0) is 12.7. The second-order valence-electron chi connectivity index (χ2n) is 5.03. The van der Waals surface area contributed by atoms with Gasteiger partial charge in [0.2, 0.25) is 0 Å². The van der Waals surface area contributed by atoms with E-state index in [0.29, 0.717) is 22.2 Å². The van der Waals surface area contributed by atoms with Crippen molar-refractivity contribution in [3.63, 3.8) is 0 Å². The van der Waals surface area contributed by atoms with Crippen LogP contribution in [0, 0.1) is 11.7 Å². The first kappa shape index (κ1) is 12.0. The Balaban J connectivity index is 2.15. The molecule has 0 spiro atoms. The Morgan fingerprint density at radius 3 is 3.06 bits per heavy atom. The molecule has 0 aliphatic carbocycles.